The molecule has 1 aromatic carbocycles. The van der Waals surface area contributed by atoms with Crippen LogP contribution in [0.4, 0.5) is 0 Å². The molecule has 0 fully saturated rings. The molecule has 0 bridgehead atoms. The van der Waals surface area contributed by atoms with Crippen molar-refractivity contribution in [2.45, 2.75) is 33.4 Å². The molecule has 0 aliphatic heterocycles. The monoisotopic (exact) mass is 336 g/mol. The first-order chi connectivity index (χ1) is 9.61. The van der Waals surface area contributed by atoms with Gasteiger partial charge in [-0.25, -0.2) is 4.98 Å². The zero-order valence-electron chi connectivity index (χ0n) is 11.6. The minimum Gasteiger partial charge on any atom is -0.487 e. The summed E-state index contributed by atoms with van der Waals surface area (Å²) in [6.07, 6.45) is 4.63. The van der Waals surface area contributed by atoms with E-state index in [-0.39, 0.29) is 5.78 Å². The van der Waals surface area contributed by atoms with Gasteiger partial charge in [-0.2, -0.15) is 0 Å². The van der Waals surface area contributed by atoms with E-state index >= 15 is 0 Å². The van der Waals surface area contributed by atoms with E-state index in [1.807, 2.05) is 12.1 Å². The molecule has 4 nitrogen and oxygen atoms in total. The van der Waals surface area contributed by atoms with Gasteiger partial charge in [0.1, 0.15) is 12.4 Å². The normalized spacial score (nSPS) is 10.6. The number of ether oxygens (including phenoxy) is 1. The molecule has 106 valence electrons. The highest BCUT2D eigenvalue weighted by Gasteiger charge is 2.10. The molecular weight excluding hydrogens is 320 g/mol. The van der Waals surface area contributed by atoms with Crippen LogP contribution in [-0.2, 0) is 13.2 Å². The summed E-state index contributed by atoms with van der Waals surface area (Å²) in [5.41, 5.74) is 1.59. The van der Waals surface area contributed by atoms with Crippen molar-refractivity contribution in [3.05, 3.63) is 46.5 Å². The fourth-order valence-electron chi connectivity index (χ4n) is 1.97. The van der Waals surface area contributed by atoms with Crippen molar-refractivity contribution in [1.29, 1.82) is 0 Å². The van der Waals surface area contributed by atoms with Gasteiger partial charge < -0.3 is 9.30 Å². The van der Waals surface area contributed by atoms with Crippen molar-refractivity contribution in [3.8, 4) is 5.75 Å². The van der Waals surface area contributed by atoms with E-state index in [0.29, 0.717) is 17.9 Å². The van der Waals surface area contributed by atoms with E-state index < -0.39 is 0 Å². The topological polar surface area (TPSA) is 44.1 Å². The predicted octanol–water partition coefficient (Wildman–Crippen LogP) is 3.84. The number of Topliss-reactive ketones (excluding diaryl/α,β-unsaturated/α-hetero) is 1. The number of hydrogen-bond acceptors (Lipinski definition) is 3. The fraction of sp³-hybridized carbons (Fsp3) is 0.333. The number of carbonyl (C=O) groups is 1. The number of aromatic nitrogens is 2. The van der Waals surface area contributed by atoms with Crippen LogP contribution in [0.3, 0.4) is 0 Å². The number of carbonyl (C=O) groups excluding carboxylic acids is 1. The summed E-state index contributed by atoms with van der Waals surface area (Å²) in [5, 5.41) is 0. The highest BCUT2D eigenvalue weighted by atomic mass is 79.9. The molecule has 0 unspecified atom stereocenters. The standard InChI is InChI=1S/C15H17BrN2O2/c1-3-6-18-10-17-8-13(18)9-20-15-7-12(16)4-5-14(15)11(2)19/h4-5,7-8,10H,3,6,9H2,1-2H3. The zero-order chi connectivity index (χ0) is 14.5. The van der Waals surface area contributed by atoms with Crippen LogP contribution in [0.25, 0.3) is 0 Å². The van der Waals surface area contributed by atoms with Crippen molar-refractivity contribution in [1.82, 2.24) is 9.55 Å². The average Bonchev–Trinajstić information content (AvgIpc) is 2.84. The molecule has 0 aliphatic carbocycles. The van der Waals surface area contributed by atoms with Crippen LogP contribution in [0.2, 0.25) is 0 Å². The summed E-state index contributed by atoms with van der Waals surface area (Å²) >= 11 is 3.39. The molecular formula is C15H17BrN2O2. The first-order valence-corrected chi connectivity index (χ1v) is 7.33. The Bertz CT molecular complexity index is 608. The summed E-state index contributed by atoms with van der Waals surface area (Å²) < 4.78 is 8.75. The maximum Gasteiger partial charge on any atom is 0.163 e. The molecule has 2 rings (SSSR count). The van der Waals surface area contributed by atoms with Crippen molar-refractivity contribution >= 4 is 21.7 Å². The number of imidazole rings is 1. The number of benzene rings is 1. The number of rotatable bonds is 6. The van der Waals surface area contributed by atoms with E-state index in [9.17, 15) is 4.79 Å². The first kappa shape index (κ1) is 14.8. The van der Waals surface area contributed by atoms with Crippen molar-refractivity contribution in [2.75, 3.05) is 0 Å². The van der Waals surface area contributed by atoms with Gasteiger partial charge in [-0.05, 0) is 31.5 Å². The van der Waals surface area contributed by atoms with Crippen LogP contribution < -0.4 is 4.74 Å². The summed E-state index contributed by atoms with van der Waals surface area (Å²) in [6.45, 7) is 4.97. The van der Waals surface area contributed by atoms with E-state index in [0.717, 1.165) is 23.1 Å². The van der Waals surface area contributed by atoms with Gasteiger partial charge in [-0.1, -0.05) is 22.9 Å². The maximum absolute atomic E-state index is 11.6. The smallest absolute Gasteiger partial charge is 0.163 e. The zero-order valence-corrected chi connectivity index (χ0v) is 13.2. The summed E-state index contributed by atoms with van der Waals surface area (Å²) in [5.74, 6) is 0.589. The van der Waals surface area contributed by atoms with Crippen molar-refractivity contribution in [2.24, 2.45) is 0 Å². The molecule has 20 heavy (non-hydrogen) atoms. The number of halogens is 1. The van der Waals surface area contributed by atoms with E-state index in [4.69, 9.17) is 4.74 Å². The molecule has 0 saturated carbocycles. The molecule has 0 amide bonds. The van der Waals surface area contributed by atoms with Crippen LogP contribution in [0.15, 0.2) is 35.2 Å². The van der Waals surface area contributed by atoms with Gasteiger partial charge in [-0.15, -0.1) is 0 Å². The largest absolute Gasteiger partial charge is 0.487 e. The maximum atomic E-state index is 11.6. The summed E-state index contributed by atoms with van der Waals surface area (Å²) in [4.78, 5) is 15.7. The Morgan fingerprint density at radius 3 is 2.95 bits per heavy atom. The quantitative estimate of drug-likeness (QED) is 0.753. The third kappa shape index (κ3) is 3.48. The second kappa shape index (κ2) is 6.70. The first-order valence-electron chi connectivity index (χ1n) is 6.54. The van der Waals surface area contributed by atoms with Gasteiger partial charge in [-0.3, -0.25) is 4.79 Å². The van der Waals surface area contributed by atoms with Gasteiger partial charge in [0.2, 0.25) is 0 Å². The molecule has 0 aliphatic rings. The Hall–Kier alpha value is -1.62. The molecule has 0 radical (unpaired) electrons. The van der Waals surface area contributed by atoms with Crippen LogP contribution in [0.5, 0.6) is 5.75 Å². The number of ketones is 1. The Kier molecular flexibility index (Phi) is 4.95. The number of hydrogen-bond donors (Lipinski definition) is 0. The second-order valence-corrected chi connectivity index (χ2v) is 5.48. The van der Waals surface area contributed by atoms with Crippen LogP contribution in [0.1, 0.15) is 36.3 Å². The lowest BCUT2D eigenvalue weighted by Crippen LogP contribution is -2.07. The average molecular weight is 337 g/mol. The molecule has 0 N–H and O–H groups in total. The lowest BCUT2D eigenvalue weighted by molar-refractivity contribution is 0.101. The van der Waals surface area contributed by atoms with Crippen molar-refractivity contribution < 1.29 is 9.53 Å². The van der Waals surface area contributed by atoms with Crippen LogP contribution in [-0.4, -0.2) is 15.3 Å². The van der Waals surface area contributed by atoms with Gasteiger partial charge in [0.05, 0.1) is 23.8 Å². The lowest BCUT2D eigenvalue weighted by atomic mass is 10.1. The minimum absolute atomic E-state index is 0.00503. The van der Waals surface area contributed by atoms with Crippen LogP contribution >= 0.6 is 15.9 Å². The highest BCUT2D eigenvalue weighted by Crippen LogP contribution is 2.25. The van der Waals surface area contributed by atoms with E-state index in [1.165, 1.54) is 6.92 Å². The molecule has 1 heterocycles. The van der Waals surface area contributed by atoms with E-state index in [1.54, 1.807) is 18.6 Å². The summed E-state index contributed by atoms with van der Waals surface area (Å²) in [6, 6.07) is 5.42. The Balaban J connectivity index is 2.16. The van der Waals surface area contributed by atoms with Gasteiger partial charge in [0, 0.05) is 11.0 Å². The SMILES string of the molecule is CCCn1cncc1COc1cc(Br)ccc1C(C)=O. The predicted molar refractivity (Wildman–Crippen MR) is 81.0 cm³/mol. The Morgan fingerprint density at radius 2 is 2.25 bits per heavy atom. The Morgan fingerprint density at radius 1 is 1.45 bits per heavy atom. The molecule has 2 aromatic rings. The van der Waals surface area contributed by atoms with Gasteiger partial charge in [0.15, 0.2) is 5.78 Å². The van der Waals surface area contributed by atoms with Gasteiger partial charge >= 0.3 is 0 Å². The highest BCUT2D eigenvalue weighted by molar-refractivity contribution is 9.10. The van der Waals surface area contributed by atoms with Gasteiger partial charge in [0.25, 0.3) is 0 Å². The Labute approximate surface area is 126 Å². The third-order valence-electron chi connectivity index (χ3n) is 2.96. The minimum atomic E-state index is -0.00503. The third-order valence-corrected chi connectivity index (χ3v) is 3.45. The molecule has 0 spiro atoms. The number of aryl methyl sites for hydroxylation is 1. The lowest BCUT2D eigenvalue weighted by Gasteiger charge is -2.11. The number of nitrogens with zero attached hydrogens (tertiary/aromatic N) is 2. The molecule has 1 aromatic heterocycles. The molecule has 0 atom stereocenters. The van der Waals surface area contributed by atoms with E-state index in [2.05, 4.69) is 32.4 Å². The molecule has 5 heteroatoms. The second-order valence-electron chi connectivity index (χ2n) is 4.56. The molecule has 0 saturated heterocycles. The van der Waals surface area contributed by atoms with Crippen LogP contribution in [0, 0.1) is 0 Å². The fourth-order valence-corrected chi connectivity index (χ4v) is 2.31. The summed E-state index contributed by atoms with van der Waals surface area (Å²) in [7, 11) is 0. The van der Waals surface area contributed by atoms with Crippen molar-refractivity contribution in [3.63, 3.8) is 0 Å².